The SMILES string of the molecule is CC(C)(C)S(=O)N=Cc1ccc(-c2cnccn2)c(Cl)c1Cl.CC(NS(=O)C(C)(C)C)c1ccc(-c2cnccn2)c(Cl)c1Cl.C[Si](C)(C)C(F)(F)F. The highest BCUT2D eigenvalue weighted by Gasteiger charge is 2.45. The van der Waals surface area contributed by atoms with Gasteiger partial charge in [0.05, 0.1) is 64.4 Å². The molecular formula is C35H43Cl4F3N6O2S2Si. The molecule has 0 aliphatic carbocycles. The molecule has 0 amide bonds. The molecule has 0 saturated heterocycles. The number of nitrogens with zero attached hydrogens (tertiary/aromatic N) is 5. The maximum Gasteiger partial charge on any atom is 0.360 e. The van der Waals surface area contributed by atoms with E-state index < -0.39 is 40.6 Å². The minimum atomic E-state index is -3.92. The highest BCUT2D eigenvalue weighted by Crippen LogP contribution is 2.38. The van der Waals surface area contributed by atoms with E-state index in [9.17, 15) is 21.6 Å². The quantitative estimate of drug-likeness (QED) is 0.146. The molecule has 3 atom stereocenters. The second kappa shape index (κ2) is 19.5. The first-order valence-electron chi connectivity index (χ1n) is 16.0. The standard InChI is InChI=1S/C16H19Cl2N3OS.C15H15Cl2N3OS.C4H9F3Si/c1-10(21-23(22)16(2,3)4)11-5-6-12(15(18)14(11)17)13-9-19-7-8-20-13;1-15(2,3)22(21)20-8-10-4-5-11(14(17)13(10)16)12-9-18-6-7-19-12;1-8(2,3)4(5,6)7/h5-10,21H,1-4H3;4-9H,1-3H3;1-3H3. The molecule has 0 radical (unpaired) electrons. The number of alkyl halides is 3. The molecule has 18 heteroatoms. The molecule has 0 spiro atoms. The van der Waals surface area contributed by atoms with E-state index in [1.807, 2.05) is 60.6 Å². The summed E-state index contributed by atoms with van der Waals surface area (Å²) in [7, 11) is -5.41. The van der Waals surface area contributed by atoms with Crippen LogP contribution >= 0.6 is 46.4 Å². The van der Waals surface area contributed by atoms with Crippen molar-refractivity contribution in [1.82, 2.24) is 24.7 Å². The summed E-state index contributed by atoms with van der Waals surface area (Å²) < 4.78 is 65.4. The van der Waals surface area contributed by atoms with Crippen LogP contribution in [0.4, 0.5) is 13.2 Å². The summed E-state index contributed by atoms with van der Waals surface area (Å²) in [6.07, 6.45) is 11.1. The van der Waals surface area contributed by atoms with Gasteiger partial charge in [-0.3, -0.25) is 19.9 Å². The minimum absolute atomic E-state index is 0.198. The van der Waals surface area contributed by atoms with Crippen molar-refractivity contribution < 1.29 is 21.6 Å². The van der Waals surface area contributed by atoms with E-state index in [0.29, 0.717) is 42.6 Å². The summed E-state index contributed by atoms with van der Waals surface area (Å²) in [5.41, 5.74) is 4.10. The topological polar surface area (TPSA) is 110 Å². The van der Waals surface area contributed by atoms with E-state index in [2.05, 4.69) is 29.1 Å². The summed E-state index contributed by atoms with van der Waals surface area (Å²) in [4.78, 5) is 16.5. The van der Waals surface area contributed by atoms with Crippen LogP contribution in [-0.4, -0.2) is 57.9 Å². The maximum atomic E-state index is 12.2. The van der Waals surface area contributed by atoms with Gasteiger partial charge in [0.25, 0.3) is 0 Å². The fraction of sp³-hybridized carbons (Fsp3) is 0.400. The second-order valence-electron chi connectivity index (χ2n) is 14.4. The zero-order chi connectivity index (χ0) is 40.5. The Labute approximate surface area is 336 Å². The van der Waals surface area contributed by atoms with Gasteiger partial charge >= 0.3 is 5.80 Å². The zero-order valence-corrected chi connectivity index (χ0v) is 36.6. The largest absolute Gasteiger partial charge is 0.360 e. The van der Waals surface area contributed by atoms with Crippen LogP contribution in [0.25, 0.3) is 22.5 Å². The van der Waals surface area contributed by atoms with Gasteiger partial charge in [-0.15, -0.1) is 0 Å². The number of rotatable bonds is 7. The fourth-order valence-corrected chi connectivity index (χ4v) is 5.91. The van der Waals surface area contributed by atoms with Crippen LogP contribution in [-0.2, 0) is 22.0 Å². The van der Waals surface area contributed by atoms with E-state index in [0.717, 1.165) is 11.1 Å². The molecule has 2 aromatic carbocycles. The van der Waals surface area contributed by atoms with E-state index in [1.165, 1.54) is 25.9 Å². The number of nitrogens with one attached hydrogen (secondary N) is 1. The normalized spacial score (nSPS) is 14.1. The first-order valence-corrected chi connectivity index (χ1v) is 23.2. The Bertz CT molecular complexity index is 1900. The van der Waals surface area contributed by atoms with Gasteiger partial charge in [-0.05, 0) is 54.0 Å². The van der Waals surface area contributed by atoms with E-state index >= 15 is 0 Å². The van der Waals surface area contributed by atoms with Gasteiger partial charge in [0.1, 0.15) is 11.0 Å². The Morgan fingerprint density at radius 2 is 1.19 bits per heavy atom. The molecule has 2 heterocycles. The lowest BCUT2D eigenvalue weighted by Crippen LogP contribution is -2.40. The summed E-state index contributed by atoms with van der Waals surface area (Å²) in [5, 5.41) is 1.56. The molecule has 0 bridgehead atoms. The summed E-state index contributed by atoms with van der Waals surface area (Å²) in [6.45, 7) is 17.1. The molecule has 0 saturated carbocycles. The van der Waals surface area contributed by atoms with Crippen molar-refractivity contribution in [3.8, 4) is 22.5 Å². The van der Waals surface area contributed by atoms with Crippen LogP contribution in [0.2, 0.25) is 39.7 Å². The molecule has 3 unspecified atom stereocenters. The lowest BCUT2D eigenvalue weighted by molar-refractivity contribution is -0.0552. The number of halogens is 7. The second-order valence-corrected chi connectivity index (χ2v) is 24.9. The Kier molecular flexibility index (Phi) is 17.3. The molecule has 0 aliphatic rings. The van der Waals surface area contributed by atoms with Gasteiger partial charge in [0.2, 0.25) is 0 Å². The van der Waals surface area contributed by atoms with Crippen molar-refractivity contribution >= 4 is 82.7 Å². The predicted octanol–water partition coefficient (Wildman–Crippen LogP) is 11.3. The number of hydrogen-bond donors (Lipinski definition) is 1. The molecule has 1 N–H and O–H groups in total. The van der Waals surface area contributed by atoms with Crippen molar-refractivity contribution in [1.29, 1.82) is 0 Å². The summed E-state index contributed by atoms with van der Waals surface area (Å²) in [5.74, 6) is -3.92. The average Bonchev–Trinajstić information content (AvgIpc) is 3.06. The van der Waals surface area contributed by atoms with Crippen LogP contribution < -0.4 is 4.72 Å². The van der Waals surface area contributed by atoms with Crippen molar-refractivity contribution in [3.63, 3.8) is 0 Å². The van der Waals surface area contributed by atoms with Crippen molar-refractivity contribution in [2.75, 3.05) is 0 Å². The fourth-order valence-electron chi connectivity index (χ4n) is 3.50. The van der Waals surface area contributed by atoms with Crippen LogP contribution in [0.15, 0.2) is 65.8 Å². The first-order chi connectivity index (χ1) is 24.3. The van der Waals surface area contributed by atoms with Gasteiger partial charge in [-0.1, -0.05) is 90.3 Å². The monoisotopic (exact) mass is 868 g/mol. The molecule has 53 heavy (non-hydrogen) atoms. The minimum Gasteiger partial charge on any atom is -0.261 e. The van der Waals surface area contributed by atoms with E-state index in [1.54, 1.807) is 49.3 Å². The van der Waals surface area contributed by atoms with Crippen LogP contribution in [0.1, 0.15) is 65.6 Å². The summed E-state index contributed by atoms with van der Waals surface area (Å²) in [6, 6.07) is 7.08. The Morgan fingerprint density at radius 3 is 1.58 bits per heavy atom. The summed E-state index contributed by atoms with van der Waals surface area (Å²) >= 11 is 25.4. The van der Waals surface area contributed by atoms with Gasteiger partial charge in [0.15, 0.2) is 8.07 Å². The zero-order valence-electron chi connectivity index (χ0n) is 30.9. The number of benzene rings is 2. The van der Waals surface area contributed by atoms with Crippen LogP contribution in [0, 0.1) is 0 Å². The molecule has 2 aromatic heterocycles. The molecule has 4 rings (SSSR count). The molecule has 0 aliphatic heterocycles. The predicted molar refractivity (Wildman–Crippen MR) is 219 cm³/mol. The highest BCUT2D eigenvalue weighted by atomic mass is 35.5. The third kappa shape index (κ3) is 14.1. The molecule has 0 fully saturated rings. The van der Waals surface area contributed by atoms with Crippen molar-refractivity contribution in [2.45, 2.75) is 89.4 Å². The number of hydrogen-bond acceptors (Lipinski definition) is 6. The Morgan fingerprint density at radius 1 is 0.736 bits per heavy atom. The lowest BCUT2D eigenvalue weighted by atomic mass is 10.0. The van der Waals surface area contributed by atoms with Crippen LogP contribution in [0.3, 0.4) is 0 Å². The third-order valence-electron chi connectivity index (χ3n) is 6.87. The molecule has 4 aromatic rings. The lowest BCUT2D eigenvalue weighted by Gasteiger charge is -2.23. The number of aromatic nitrogens is 4. The Hall–Kier alpha value is -2.30. The Balaban J connectivity index is 0.000000306. The van der Waals surface area contributed by atoms with Crippen LogP contribution in [0.5, 0.6) is 0 Å². The third-order valence-corrected chi connectivity index (χ3v) is 13.4. The smallest absolute Gasteiger partial charge is 0.261 e. The molecular weight excluding hydrogens is 827 g/mol. The first kappa shape index (κ1) is 46.9. The van der Waals surface area contributed by atoms with Gasteiger partial charge in [0, 0.05) is 53.7 Å². The highest BCUT2D eigenvalue weighted by molar-refractivity contribution is 7.85. The molecule has 8 nitrogen and oxygen atoms in total. The average molecular weight is 871 g/mol. The van der Waals surface area contributed by atoms with E-state index in [-0.39, 0.29) is 10.8 Å². The van der Waals surface area contributed by atoms with Crippen molar-refractivity contribution in [2.24, 2.45) is 4.40 Å². The van der Waals surface area contributed by atoms with E-state index in [4.69, 9.17) is 46.4 Å². The van der Waals surface area contributed by atoms with Crippen molar-refractivity contribution in [3.05, 3.63) is 92.7 Å². The van der Waals surface area contributed by atoms with Gasteiger partial charge < -0.3 is 0 Å². The van der Waals surface area contributed by atoms with Gasteiger partial charge in [-0.25, -0.2) is 13.1 Å². The van der Waals surface area contributed by atoms with Gasteiger partial charge in [-0.2, -0.15) is 17.6 Å². The maximum absolute atomic E-state index is 12.2. The molecule has 290 valence electrons.